The van der Waals surface area contributed by atoms with Crippen molar-refractivity contribution in [3.63, 3.8) is 0 Å². The first-order chi connectivity index (χ1) is 14.9. The van der Waals surface area contributed by atoms with Gasteiger partial charge in [0.25, 0.3) is 0 Å². The van der Waals surface area contributed by atoms with E-state index in [1.165, 1.54) is 24.8 Å². The molecule has 0 aromatic heterocycles. The molecule has 1 aromatic carbocycles. The van der Waals surface area contributed by atoms with Crippen LogP contribution in [0.5, 0.6) is 0 Å². The Morgan fingerprint density at radius 1 is 1.00 bits per heavy atom. The molecule has 0 radical (unpaired) electrons. The zero-order valence-electron chi connectivity index (χ0n) is 19.1. The summed E-state index contributed by atoms with van der Waals surface area (Å²) in [4.78, 5) is 25.2. The summed E-state index contributed by atoms with van der Waals surface area (Å²) in [5.41, 5.74) is 2.88. The van der Waals surface area contributed by atoms with Gasteiger partial charge >= 0.3 is 0 Å². The van der Waals surface area contributed by atoms with Gasteiger partial charge in [0.1, 0.15) is 6.61 Å². The van der Waals surface area contributed by atoms with Gasteiger partial charge in [0.15, 0.2) is 11.6 Å². The number of carbonyl (C=O) groups excluding carboxylic acids is 2. The third-order valence-electron chi connectivity index (χ3n) is 9.71. The van der Waals surface area contributed by atoms with Crippen LogP contribution in [0.4, 0.5) is 0 Å². The van der Waals surface area contributed by atoms with Crippen LogP contribution >= 0.6 is 0 Å². The molecule has 3 heteroatoms. The molecule has 0 spiro atoms. The molecule has 4 aliphatic carbocycles. The zero-order valence-corrected chi connectivity index (χ0v) is 19.1. The maximum Gasteiger partial charge on any atom is 0.162 e. The molecule has 31 heavy (non-hydrogen) atoms. The van der Waals surface area contributed by atoms with Crippen LogP contribution in [-0.4, -0.2) is 18.2 Å². The summed E-state index contributed by atoms with van der Waals surface area (Å²) in [7, 11) is 0. The van der Waals surface area contributed by atoms with Gasteiger partial charge in [0.2, 0.25) is 0 Å². The first-order valence-corrected chi connectivity index (χ1v) is 12.3. The molecule has 3 nitrogen and oxygen atoms in total. The van der Waals surface area contributed by atoms with Crippen LogP contribution in [0.2, 0.25) is 0 Å². The Morgan fingerprint density at radius 3 is 2.61 bits per heavy atom. The molecule has 0 saturated heterocycles. The fourth-order valence-corrected chi connectivity index (χ4v) is 8.03. The normalized spacial score (nSPS) is 39.3. The van der Waals surface area contributed by atoms with Gasteiger partial charge in [-0.2, -0.15) is 0 Å². The lowest BCUT2D eigenvalue weighted by molar-refractivity contribution is -0.135. The van der Waals surface area contributed by atoms with Crippen molar-refractivity contribution >= 4 is 11.6 Å². The lowest BCUT2D eigenvalue weighted by atomic mass is 9.46. The third kappa shape index (κ3) is 3.53. The van der Waals surface area contributed by atoms with Crippen LogP contribution in [0.15, 0.2) is 42.0 Å². The van der Waals surface area contributed by atoms with E-state index >= 15 is 0 Å². The summed E-state index contributed by atoms with van der Waals surface area (Å²) in [6.45, 7) is 5.58. The molecule has 3 saturated carbocycles. The number of ether oxygens (including phenoxy) is 1. The number of allylic oxidation sites excluding steroid dienone is 1. The maximum atomic E-state index is 13.2. The van der Waals surface area contributed by atoms with Crippen molar-refractivity contribution in [1.82, 2.24) is 0 Å². The molecule has 166 valence electrons. The summed E-state index contributed by atoms with van der Waals surface area (Å²) < 4.78 is 5.83. The van der Waals surface area contributed by atoms with Crippen LogP contribution in [0.3, 0.4) is 0 Å². The Balaban J connectivity index is 1.27. The molecule has 0 unspecified atom stereocenters. The topological polar surface area (TPSA) is 43.4 Å². The highest BCUT2D eigenvalue weighted by molar-refractivity contribution is 5.91. The van der Waals surface area contributed by atoms with E-state index in [1.807, 2.05) is 36.4 Å². The molecule has 5 rings (SSSR count). The minimum Gasteiger partial charge on any atom is -0.369 e. The van der Waals surface area contributed by atoms with Gasteiger partial charge in [-0.05, 0) is 85.2 Å². The monoisotopic (exact) mass is 420 g/mol. The van der Waals surface area contributed by atoms with Crippen molar-refractivity contribution in [2.75, 3.05) is 6.61 Å². The second-order valence-electron chi connectivity index (χ2n) is 11.1. The van der Waals surface area contributed by atoms with Crippen molar-refractivity contribution in [2.24, 2.45) is 34.5 Å². The summed E-state index contributed by atoms with van der Waals surface area (Å²) in [6, 6.07) is 10.1. The molecule has 0 aliphatic heterocycles. The second kappa shape index (κ2) is 7.99. The largest absolute Gasteiger partial charge is 0.369 e. The fraction of sp³-hybridized carbons (Fsp3) is 0.643. The number of hydrogen-bond donors (Lipinski definition) is 0. The lowest BCUT2D eigenvalue weighted by Gasteiger charge is -2.58. The Hall–Kier alpha value is -1.74. The highest BCUT2D eigenvalue weighted by Gasteiger charge is 2.59. The zero-order chi connectivity index (χ0) is 21.6. The number of fused-ring (bicyclic) bond motifs is 5. The van der Waals surface area contributed by atoms with E-state index in [9.17, 15) is 9.59 Å². The Bertz CT molecular complexity index is 887. The van der Waals surface area contributed by atoms with Gasteiger partial charge in [-0.3, -0.25) is 9.59 Å². The van der Waals surface area contributed by atoms with Crippen LogP contribution in [0.25, 0.3) is 0 Å². The predicted octanol–water partition coefficient (Wildman–Crippen LogP) is 5.92. The van der Waals surface area contributed by atoms with E-state index < -0.39 is 0 Å². The summed E-state index contributed by atoms with van der Waals surface area (Å²) in [5, 5.41) is 0. The first-order valence-electron chi connectivity index (χ1n) is 12.3. The van der Waals surface area contributed by atoms with E-state index in [2.05, 4.69) is 13.8 Å². The van der Waals surface area contributed by atoms with Crippen LogP contribution in [-0.2, 0) is 20.9 Å². The average Bonchev–Trinajstić information content (AvgIpc) is 3.12. The van der Waals surface area contributed by atoms with E-state index in [-0.39, 0.29) is 23.4 Å². The number of Topliss-reactive ketones (excluding diaryl/α,β-unsaturated/α-hetero) is 1. The molecular formula is C28H36O3. The van der Waals surface area contributed by atoms with E-state index in [0.29, 0.717) is 42.3 Å². The lowest BCUT2D eigenvalue weighted by Crippen LogP contribution is -2.51. The van der Waals surface area contributed by atoms with Crippen LogP contribution in [0, 0.1) is 34.5 Å². The van der Waals surface area contributed by atoms with E-state index in [4.69, 9.17) is 4.74 Å². The maximum absolute atomic E-state index is 13.2. The van der Waals surface area contributed by atoms with Crippen molar-refractivity contribution in [3.8, 4) is 0 Å². The minimum absolute atomic E-state index is 0.121. The molecule has 3 fully saturated rings. The average molecular weight is 421 g/mol. The van der Waals surface area contributed by atoms with E-state index in [0.717, 1.165) is 31.2 Å². The fourth-order valence-electron chi connectivity index (χ4n) is 8.03. The van der Waals surface area contributed by atoms with Gasteiger partial charge in [0, 0.05) is 12.3 Å². The Kier molecular flexibility index (Phi) is 5.45. The van der Waals surface area contributed by atoms with Crippen molar-refractivity contribution < 1.29 is 14.3 Å². The highest BCUT2D eigenvalue weighted by atomic mass is 16.5. The Labute approximate surface area is 186 Å². The number of carbonyl (C=O) groups is 2. The smallest absolute Gasteiger partial charge is 0.162 e. The predicted molar refractivity (Wildman–Crippen MR) is 121 cm³/mol. The van der Waals surface area contributed by atoms with Gasteiger partial charge < -0.3 is 4.74 Å². The van der Waals surface area contributed by atoms with Crippen molar-refractivity contribution in [3.05, 3.63) is 47.5 Å². The molecule has 0 N–H and O–H groups in total. The number of ketones is 2. The molecule has 0 bridgehead atoms. The summed E-state index contributed by atoms with van der Waals surface area (Å²) >= 11 is 0. The Morgan fingerprint density at radius 2 is 1.81 bits per heavy atom. The van der Waals surface area contributed by atoms with Crippen LogP contribution < -0.4 is 0 Å². The van der Waals surface area contributed by atoms with Gasteiger partial charge in [-0.1, -0.05) is 49.8 Å². The van der Waals surface area contributed by atoms with Crippen molar-refractivity contribution in [2.45, 2.75) is 71.8 Å². The molecule has 0 amide bonds. The first kappa shape index (κ1) is 21.1. The molecule has 1 aromatic rings. The molecular weight excluding hydrogens is 384 g/mol. The van der Waals surface area contributed by atoms with Gasteiger partial charge in [-0.15, -0.1) is 0 Å². The highest BCUT2D eigenvalue weighted by Crippen LogP contribution is 2.66. The van der Waals surface area contributed by atoms with Gasteiger partial charge in [-0.25, -0.2) is 0 Å². The second-order valence-corrected chi connectivity index (χ2v) is 11.1. The molecule has 0 heterocycles. The quantitative estimate of drug-likeness (QED) is 0.594. The number of hydrogen-bond acceptors (Lipinski definition) is 3. The van der Waals surface area contributed by atoms with Crippen molar-refractivity contribution in [1.29, 1.82) is 0 Å². The van der Waals surface area contributed by atoms with Crippen LogP contribution in [0.1, 0.15) is 70.8 Å². The SMILES string of the molecule is C[C@]12CC[C@H]3[C@@H](CCC4=CC(=O)CC[C@@]43C)[C@@H]1CC[C@@H]2C(=O)COCc1ccccc1. The standard InChI is InChI=1S/C28H36O3/c1-27-14-12-21(29)16-20(27)8-9-22-23-10-11-25(28(23,2)15-13-24(22)27)26(30)18-31-17-19-6-4-3-5-7-19/h3-7,16,22-25H,8-15,17-18H2,1-2H3/t22-,23-,24-,25+,27-,28-/m0/s1. The molecule has 6 atom stereocenters. The number of rotatable bonds is 5. The van der Waals surface area contributed by atoms with E-state index in [1.54, 1.807) is 0 Å². The third-order valence-corrected chi connectivity index (χ3v) is 9.71. The minimum atomic E-state index is 0.121. The number of benzene rings is 1. The van der Waals surface area contributed by atoms with Gasteiger partial charge in [0.05, 0.1) is 6.61 Å². The molecule has 4 aliphatic rings. The summed E-state index contributed by atoms with van der Waals surface area (Å²) in [6.07, 6.45) is 10.6. The summed E-state index contributed by atoms with van der Waals surface area (Å²) in [5.74, 6) is 2.81.